The highest BCUT2D eigenvalue weighted by molar-refractivity contribution is 5.68. The largest absolute Gasteiger partial charge is 0.447 e. The Bertz CT molecular complexity index is 1080. The summed E-state index contributed by atoms with van der Waals surface area (Å²) in [4.78, 5) is 32.6. The van der Waals surface area contributed by atoms with Crippen molar-refractivity contribution in [3.8, 4) is 0 Å². The number of nitrogens with zero attached hydrogens (tertiary/aromatic N) is 3. The normalized spacial score (nSPS) is 13.4. The Morgan fingerprint density at radius 3 is 2.13 bits per heavy atom. The second kappa shape index (κ2) is 8.76. The van der Waals surface area contributed by atoms with Crippen molar-refractivity contribution in [3.05, 3.63) is 99.2 Å². The van der Waals surface area contributed by atoms with Gasteiger partial charge in [-0.25, -0.2) is 9.78 Å². The molecule has 2 heterocycles. The summed E-state index contributed by atoms with van der Waals surface area (Å²) in [5.74, 6) is 0.666. The lowest BCUT2D eigenvalue weighted by molar-refractivity contribution is 0.0725. The first kappa shape index (κ1) is 20.8. The van der Waals surface area contributed by atoms with Gasteiger partial charge in [-0.2, -0.15) is 0 Å². The number of rotatable bonds is 4. The molecule has 0 spiro atoms. The molecule has 0 saturated carbocycles. The molecule has 3 aromatic rings. The highest BCUT2D eigenvalue weighted by atomic mass is 16.6. The number of aryl methyl sites for hydroxylation is 1. The van der Waals surface area contributed by atoms with E-state index in [1.54, 1.807) is 9.47 Å². The minimum atomic E-state index is -0.394. The van der Waals surface area contributed by atoms with E-state index in [2.05, 4.69) is 0 Å². The van der Waals surface area contributed by atoms with Gasteiger partial charge in [-0.1, -0.05) is 60.7 Å². The molecule has 0 unspecified atom stereocenters. The van der Waals surface area contributed by atoms with Crippen LogP contribution in [-0.4, -0.2) is 33.2 Å². The number of aromatic nitrogens is 2. The van der Waals surface area contributed by atoms with Gasteiger partial charge in [-0.05, 0) is 31.9 Å². The van der Waals surface area contributed by atoms with Crippen molar-refractivity contribution in [2.75, 3.05) is 6.54 Å². The molecular formula is C25H27N3O3. The Morgan fingerprint density at radius 2 is 1.58 bits per heavy atom. The van der Waals surface area contributed by atoms with Gasteiger partial charge in [-0.3, -0.25) is 9.36 Å². The van der Waals surface area contributed by atoms with Crippen LogP contribution in [0.4, 0.5) is 4.79 Å². The van der Waals surface area contributed by atoms with Gasteiger partial charge in [0.15, 0.2) is 0 Å². The van der Waals surface area contributed by atoms with Crippen LogP contribution in [0.2, 0.25) is 0 Å². The third-order valence-electron chi connectivity index (χ3n) is 5.52. The topological polar surface area (TPSA) is 64.4 Å². The Balaban J connectivity index is 1.82. The van der Waals surface area contributed by atoms with Crippen molar-refractivity contribution in [2.45, 2.75) is 45.9 Å². The van der Waals surface area contributed by atoms with E-state index in [9.17, 15) is 9.59 Å². The molecule has 0 aliphatic carbocycles. The third kappa shape index (κ3) is 4.24. The second-order valence-electron chi connectivity index (χ2n) is 8.09. The van der Waals surface area contributed by atoms with E-state index in [0.29, 0.717) is 24.4 Å². The first-order valence-electron chi connectivity index (χ1n) is 10.6. The summed E-state index contributed by atoms with van der Waals surface area (Å²) in [5, 5.41) is 0. The lowest BCUT2D eigenvalue weighted by Crippen LogP contribution is -2.43. The van der Waals surface area contributed by atoms with Crippen molar-refractivity contribution in [2.24, 2.45) is 0 Å². The minimum absolute atomic E-state index is 0.109. The van der Waals surface area contributed by atoms with E-state index in [0.717, 1.165) is 16.8 Å². The maximum Gasteiger partial charge on any atom is 0.410 e. The summed E-state index contributed by atoms with van der Waals surface area (Å²) in [7, 11) is 0. The fraction of sp³-hybridized carbons (Fsp3) is 0.320. The molecule has 160 valence electrons. The lowest BCUT2D eigenvalue weighted by atomic mass is 9.97. The van der Waals surface area contributed by atoms with Crippen molar-refractivity contribution in [1.29, 1.82) is 0 Å². The van der Waals surface area contributed by atoms with Gasteiger partial charge in [0.05, 0.1) is 29.9 Å². The van der Waals surface area contributed by atoms with Crippen LogP contribution < -0.4 is 5.56 Å². The second-order valence-corrected chi connectivity index (χ2v) is 8.09. The van der Waals surface area contributed by atoms with E-state index in [4.69, 9.17) is 9.72 Å². The van der Waals surface area contributed by atoms with Crippen molar-refractivity contribution < 1.29 is 9.53 Å². The Kier molecular flexibility index (Phi) is 5.89. The van der Waals surface area contributed by atoms with Crippen LogP contribution in [0.3, 0.4) is 0 Å². The van der Waals surface area contributed by atoms with Crippen molar-refractivity contribution in [1.82, 2.24) is 14.5 Å². The smallest absolute Gasteiger partial charge is 0.410 e. The predicted molar refractivity (Wildman–Crippen MR) is 119 cm³/mol. The van der Waals surface area contributed by atoms with E-state index < -0.39 is 6.09 Å². The number of hydrogen-bond donors (Lipinski definition) is 0. The van der Waals surface area contributed by atoms with Crippen LogP contribution >= 0.6 is 0 Å². The molecule has 0 saturated heterocycles. The molecule has 1 aromatic heterocycles. The number of carbonyl (C=O) groups is 1. The number of hydrogen-bond acceptors (Lipinski definition) is 4. The number of ether oxygens (including phenoxy) is 1. The fourth-order valence-electron chi connectivity index (χ4n) is 4.11. The highest BCUT2D eigenvalue weighted by Gasteiger charge is 2.29. The predicted octanol–water partition coefficient (Wildman–Crippen LogP) is 4.09. The quantitative estimate of drug-likeness (QED) is 0.641. The molecule has 6 nitrogen and oxygen atoms in total. The molecule has 0 atom stereocenters. The van der Waals surface area contributed by atoms with Crippen LogP contribution in [-0.2, 0) is 17.7 Å². The SMILES string of the molecule is Cc1nc2c(c(=O)n1C(c1ccccc1)c1ccccc1)CN(C(=O)OC(C)C)CC2. The van der Waals surface area contributed by atoms with Crippen LogP contribution in [0.1, 0.15) is 48.1 Å². The van der Waals surface area contributed by atoms with Crippen LogP contribution in [0.15, 0.2) is 65.5 Å². The average Bonchev–Trinajstić information content (AvgIpc) is 2.77. The monoisotopic (exact) mass is 417 g/mol. The molecular weight excluding hydrogens is 390 g/mol. The van der Waals surface area contributed by atoms with Gasteiger partial charge in [-0.15, -0.1) is 0 Å². The van der Waals surface area contributed by atoms with E-state index in [1.165, 1.54) is 0 Å². The Morgan fingerprint density at radius 1 is 1.00 bits per heavy atom. The zero-order valence-corrected chi connectivity index (χ0v) is 18.1. The standard InChI is InChI=1S/C25H27N3O3/c1-17(2)31-25(30)27-15-14-22-21(16-27)24(29)28(18(3)26-22)23(19-10-6-4-7-11-19)20-12-8-5-9-13-20/h4-13,17,23H,14-16H2,1-3H3. The van der Waals surface area contributed by atoms with Gasteiger partial charge in [0.25, 0.3) is 5.56 Å². The molecule has 6 heteroatoms. The summed E-state index contributed by atoms with van der Waals surface area (Å²) in [6.45, 7) is 6.22. The number of fused-ring (bicyclic) bond motifs is 1. The summed E-state index contributed by atoms with van der Waals surface area (Å²) in [6.07, 6.45) is -0.0575. The van der Waals surface area contributed by atoms with Gasteiger partial charge in [0.2, 0.25) is 0 Å². The van der Waals surface area contributed by atoms with Crippen molar-refractivity contribution in [3.63, 3.8) is 0 Å². The van der Waals surface area contributed by atoms with Crippen LogP contribution in [0.5, 0.6) is 0 Å². The van der Waals surface area contributed by atoms with Crippen LogP contribution in [0.25, 0.3) is 0 Å². The van der Waals surface area contributed by atoms with E-state index >= 15 is 0 Å². The first-order valence-corrected chi connectivity index (χ1v) is 10.6. The molecule has 4 rings (SSSR count). The average molecular weight is 418 g/mol. The molecule has 0 fully saturated rings. The lowest BCUT2D eigenvalue weighted by Gasteiger charge is -2.30. The van der Waals surface area contributed by atoms with Crippen LogP contribution in [0, 0.1) is 6.92 Å². The summed E-state index contributed by atoms with van der Waals surface area (Å²) < 4.78 is 7.09. The third-order valence-corrected chi connectivity index (χ3v) is 5.52. The van der Waals surface area contributed by atoms with E-state index in [1.807, 2.05) is 81.4 Å². The number of amides is 1. The number of carbonyl (C=O) groups excluding carboxylic acids is 1. The van der Waals surface area contributed by atoms with E-state index in [-0.39, 0.29) is 24.2 Å². The summed E-state index contributed by atoms with van der Waals surface area (Å²) in [5.41, 5.74) is 3.24. The molecule has 1 aliphatic heterocycles. The molecule has 1 aliphatic rings. The summed E-state index contributed by atoms with van der Waals surface area (Å²) in [6, 6.07) is 19.6. The van der Waals surface area contributed by atoms with Gasteiger partial charge < -0.3 is 9.64 Å². The molecule has 31 heavy (non-hydrogen) atoms. The summed E-state index contributed by atoms with van der Waals surface area (Å²) >= 11 is 0. The maximum atomic E-state index is 13.8. The maximum absolute atomic E-state index is 13.8. The zero-order valence-electron chi connectivity index (χ0n) is 18.1. The molecule has 1 amide bonds. The van der Waals surface area contributed by atoms with Gasteiger partial charge >= 0.3 is 6.09 Å². The van der Waals surface area contributed by atoms with Crippen molar-refractivity contribution >= 4 is 6.09 Å². The molecule has 0 bridgehead atoms. The number of benzene rings is 2. The Labute approximate surface area is 182 Å². The van der Waals surface area contributed by atoms with Gasteiger partial charge in [0, 0.05) is 13.0 Å². The minimum Gasteiger partial charge on any atom is -0.447 e. The zero-order chi connectivity index (χ0) is 22.0. The molecule has 0 radical (unpaired) electrons. The molecule has 2 aromatic carbocycles. The molecule has 0 N–H and O–H groups in total. The van der Waals surface area contributed by atoms with Gasteiger partial charge in [0.1, 0.15) is 5.82 Å². The fourth-order valence-corrected chi connectivity index (χ4v) is 4.11. The Hall–Kier alpha value is -3.41. The highest BCUT2D eigenvalue weighted by Crippen LogP contribution is 2.27. The first-order chi connectivity index (χ1) is 15.0.